The van der Waals surface area contributed by atoms with Gasteiger partial charge in [0.1, 0.15) is 0 Å². The zero-order valence-corrected chi connectivity index (χ0v) is 4.69. The number of allylic oxidation sites excluding steroid dienone is 1. The van der Waals surface area contributed by atoms with Gasteiger partial charge in [-0.1, -0.05) is 0 Å². The molecule has 2 atom stereocenters. The molecule has 0 N–H and O–H groups in total. The van der Waals surface area contributed by atoms with Gasteiger partial charge < -0.3 is 0 Å². The molecule has 10 heavy (non-hydrogen) atoms. The van der Waals surface area contributed by atoms with Crippen molar-refractivity contribution < 1.29 is 17.6 Å². The largest absolute Gasteiger partial charge is 0.247 e. The highest BCUT2D eigenvalue weighted by Gasteiger charge is 2.25. The first-order chi connectivity index (χ1) is 4.61. The van der Waals surface area contributed by atoms with Crippen LogP contribution in [0.15, 0.2) is 16.9 Å². The molecule has 0 spiro atoms. The van der Waals surface area contributed by atoms with Crippen LogP contribution in [0.5, 0.6) is 0 Å². The highest BCUT2D eigenvalue weighted by atomic mass is 19.2. The average molecular weight is 153 g/mol. The van der Waals surface area contributed by atoms with Crippen molar-refractivity contribution in [1.82, 2.24) is 0 Å². The van der Waals surface area contributed by atoms with E-state index in [2.05, 4.69) is 4.99 Å². The fourth-order valence-corrected chi connectivity index (χ4v) is 0.529. The first kappa shape index (κ1) is 7.24. The lowest BCUT2D eigenvalue weighted by Crippen LogP contribution is -2.19. The van der Waals surface area contributed by atoms with Gasteiger partial charge in [0.05, 0.1) is 0 Å². The number of aliphatic imine (C=N–C) groups is 1. The van der Waals surface area contributed by atoms with E-state index >= 15 is 0 Å². The summed E-state index contributed by atoms with van der Waals surface area (Å²) in [7, 11) is 0. The third kappa shape index (κ3) is 1.17. The summed E-state index contributed by atoms with van der Waals surface area (Å²) in [5.74, 6) is -3.03. The molecule has 1 nitrogen and oxygen atoms in total. The number of hydrogen-bond acceptors (Lipinski definition) is 1. The summed E-state index contributed by atoms with van der Waals surface area (Å²) in [6, 6.07) is 0. The molecule has 0 amide bonds. The Kier molecular flexibility index (Phi) is 1.74. The van der Waals surface area contributed by atoms with E-state index in [0.717, 1.165) is 0 Å². The molecule has 0 fully saturated rings. The normalized spacial score (nSPS) is 33.2. The van der Waals surface area contributed by atoms with Crippen molar-refractivity contribution >= 4 is 5.97 Å². The minimum atomic E-state index is -2.31. The second-order valence-electron chi connectivity index (χ2n) is 1.75. The van der Waals surface area contributed by atoms with Gasteiger partial charge in [-0.25, -0.2) is 18.2 Å². The Bertz CT molecular complexity index is 176. The molecule has 1 heterocycles. The van der Waals surface area contributed by atoms with Crippen LogP contribution in [0.25, 0.3) is 0 Å². The molecule has 1 aliphatic rings. The molecule has 5 heteroatoms. The van der Waals surface area contributed by atoms with Crippen LogP contribution in [0, 0.1) is 0 Å². The predicted molar refractivity (Wildman–Crippen MR) is 27.5 cm³/mol. The molecule has 1 aliphatic heterocycles. The topological polar surface area (TPSA) is 12.4 Å². The molecule has 0 saturated carbocycles. The second-order valence-corrected chi connectivity index (χ2v) is 1.75. The Labute approximate surface area is 54.1 Å². The third-order valence-corrected chi connectivity index (χ3v) is 1.00. The zero-order valence-electron chi connectivity index (χ0n) is 4.69. The molecule has 2 unspecified atom stereocenters. The standard InChI is InChI=1S/C5H3F4N/c6-2-1-3(7)5(9)10-4(2)8/h1-2,4H. The van der Waals surface area contributed by atoms with Crippen molar-refractivity contribution in [2.45, 2.75) is 12.5 Å². The van der Waals surface area contributed by atoms with Crippen LogP contribution in [0.1, 0.15) is 0 Å². The van der Waals surface area contributed by atoms with Gasteiger partial charge in [0.25, 0.3) is 0 Å². The van der Waals surface area contributed by atoms with Gasteiger partial charge >= 0.3 is 0 Å². The maximum absolute atomic E-state index is 12.0. The molecule has 1 rings (SSSR count). The number of nitrogens with zero attached hydrogens (tertiary/aromatic N) is 1. The molecule has 0 saturated heterocycles. The maximum atomic E-state index is 12.0. The Morgan fingerprint density at radius 2 is 1.90 bits per heavy atom. The minimum Gasteiger partial charge on any atom is -0.237 e. The summed E-state index contributed by atoms with van der Waals surface area (Å²) in [6.45, 7) is 0. The molecular weight excluding hydrogens is 150 g/mol. The monoisotopic (exact) mass is 153 g/mol. The van der Waals surface area contributed by atoms with Crippen LogP contribution in [0.2, 0.25) is 0 Å². The summed E-state index contributed by atoms with van der Waals surface area (Å²) in [5, 5.41) is 0. The third-order valence-electron chi connectivity index (χ3n) is 1.00. The van der Waals surface area contributed by atoms with Gasteiger partial charge in [0, 0.05) is 0 Å². The van der Waals surface area contributed by atoms with Crippen molar-refractivity contribution in [3.05, 3.63) is 11.9 Å². The van der Waals surface area contributed by atoms with E-state index in [1.807, 2.05) is 0 Å². The van der Waals surface area contributed by atoms with E-state index in [-0.39, 0.29) is 6.08 Å². The first-order valence-electron chi connectivity index (χ1n) is 2.50. The van der Waals surface area contributed by atoms with Gasteiger partial charge in [-0.3, -0.25) is 0 Å². The summed E-state index contributed by atoms with van der Waals surface area (Å²) in [4.78, 5) is 2.41. The van der Waals surface area contributed by atoms with E-state index < -0.39 is 24.3 Å². The van der Waals surface area contributed by atoms with Crippen LogP contribution in [-0.4, -0.2) is 18.4 Å². The van der Waals surface area contributed by atoms with E-state index in [4.69, 9.17) is 0 Å². The van der Waals surface area contributed by atoms with Gasteiger partial charge in [-0.05, 0) is 6.08 Å². The van der Waals surface area contributed by atoms with Gasteiger partial charge in [0.2, 0.25) is 12.3 Å². The molecule has 0 aromatic rings. The highest BCUT2D eigenvalue weighted by molar-refractivity contribution is 5.91. The first-order valence-corrected chi connectivity index (χ1v) is 2.50. The molecule has 0 bridgehead atoms. The number of halogens is 4. The number of rotatable bonds is 0. The van der Waals surface area contributed by atoms with Gasteiger partial charge in [-0.15, -0.1) is 0 Å². The lowest BCUT2D eigenvalue weighted by atomic mass is 10.2. The van der Waals surface area contributed by atoms with Crippen molar-refractivity contribution in [3.63, 3.8) is 0 Å². The van der Waals surface area contributed by atoms with Gasteiger partial charge in [-0.2, -0.15) is 4.39 Å². The number of hydrogen-bond donors (Lipinski definition) is 0. The van der Waals surface area contributed by atoms with E-state index in [9.17, 15) is 17.6 Å². The van der Waals surface area contributed by atoms with E-state index in [1.165, 1.54) is 0 Å². The number of dihydropyridines is 1. The minimum absolute atomic E-state index is 0.215. The summed E-state index contributed by atoms with van der Waals surface area (Å²) >= 11 is 0. The van der Waals surface area contributed by atoms with E-state index in [1.54, 1.807) is 0 Å². The van der Waals surface area contributed by atoms with Crippen LogP contribution in [0.4, 0.5) is 17.6 Å². The molecular formula is C5H3F4N. The van der Waals surface area contributed by atoms with Crippen molar-refractivity contribution in [3.8, 4) is 0 Å². The Morgan fingerprint density at radius 3 is 2.40 bits per heavy atom. The quantitative estimate of drug-likeness (QED) is 0.372. The smallest absolute Gasteiger partial charge is 0.237 e. The SMILES string of the molecule is FC1=CC(F)C(F)N=C1F. The molecule has 0 aromatic carbocycles. The van der Waals surface area contributed by atoms with Crippen LogP contribution < -0.4 is 0 Å². The van der Waals surface area contributed by atoms with Crippen molar-refractivity contribution in [1.29, 1.82) is 0 Å². The van der Waals surface area contributed by atoms with Crippen LogP contribution in [0.3, 0.4) is 0 Å². The highest BCUT2D eigenvalue weighted by Crippen LogP contribution is 2.18. The summed E-state index contributed by atoms with van der Waals surface area (Å²) < 4.78 is 47.9. The average Bonchev–Trinajstić information content (AvgIpc) is 1.84. The Hall–Kier alpha value is -0.870. The number of alkyl halides is 2. The summed E-state index contributed by atoms with van der Waals surface area (Å²) in [6.07, 6.45) is -4.26. The van der Waals surface area contributed by atoms with E-state index in [0.29, 0.717) is 0 Å². The van der Waals surface area contributed by atoms with Crippen LogP contribution in [-0.2, 0) is 0 Å². The van der Waals surface area contributed by atoms with Crippen molar-refractivity contribution in [2.24, 2.45) is 4.99 Å². The van der Waals surface area contributed by atoms with Gasteiger partial charge in [0.15, 0.2) is 12.0 Å². The fraction of sp³-hybridized carbons (Fsp3) is 0.400. The summed E-state index contributed by atoms with van der Waals surface area (Å²) in [5.41, 5.74) is 0. The molecule has 0 aromatic heterocycles. The lowest BCUT2D eigenvalue weighted by molar-refractivity contribution is 0.205. The maximum Gasteiger partial charge on any atom is 0.247 e. The Morgan fingerprint density at radius 1 is 1.30 bits per heavy atom. The second kappa shape index (κ2) is 2.40. The molecule has 0 aliphatic carbocycles. The molecule has 0 radical (unpaired) electrons. The zero-order chi connectivity index (χ0) is 7.72. The van der Waals surface area contributed by atoms with Crippen molar-refractivity contribution in [2.75, 3.05) is 0 Å². The predicted octanol–water partition coefficient (Wildman–Crippen LogP) is 1.86. The van der Waals surface area contributed by atoms with Crippen LogP contribution >= 0.6 is 0 Å². The lowest BCUT2D eigenvalue weighted by Gasteiger charge is -2.09. The molecule has 56 valence electrons. The Balaban J connectivity index is 2.83. The fourth-order valence-electron chi connectivity index (χ4n) is 0.529.